The van der Waals surface area contributed by atoms with Gasteiger partial charge >= 0.3 is 0 Å². The highest BCUT2D eigenvalue weighted by Gasteiger charge is 2.27. The van der Waals surface area contributed by atoms with Crippen LogP contribution in [0, 0.1) is 12.7 Å². The van der Waals surface area contributed by atoms with Crippen molar-refractivity contribution in [2.45, 2.75) is 26.0 Å². The maximum atomic E-state index is 13.3. The number of halogens is 2. The van der Waals surface area contributed by atoms with Crippen molar-refractivity contribution >= 4 is 18.3 Å². The van der Waals surface area contributed by atoms with Crippen molar-refractivity contribution in [3.8, 4) is 0 Å². The standard InChI is InChI=1S/C14H19FN2O2.ClH/c1-9-7-11(3-4-12(9)15)13-8-17(5-6-19-13)14(18)10(2)16;/h3-4,7,10,13H,5-6,8,16H2,1-2H3;1H/t10-,13?;/m1./s1. The molecule has 1 aromatic carbocycles. The number of amides is 1. The van der Waals surface area contributed by atoms with Crippen molar-refractivity contribution in [1.29, 1.82) is 0 Å². The van der Waals surface area contributed by atoms with Crippen molar-refractivity contribution in [2.75, 3.05) is 19.7 Å². The number of rotatable bonds is 2. The predicted molar refractivity (Wildman–Crippen MR) is 77.3 cm³/mol. The molecule has 1 aromatic rings. The molecule has 1 fully saturated rings. The van der Waals surface area contributed by atoms with Crippen LogP contribution in [0.1, 0.15) is 24.2 Å². The summed E-state index contributed by atoms with van der Waals surface area (Å²) in [6.07, 6.45) is -0.212. The van der Waals surface area contributed by atoms with Crippen LogP contribution in [0.4, 0.5) is 4.39 Å². The average molecular weight is 303 g/mol. The van der Waals surface area contributed by atoms with E-state index in [1.165, 1.54) is 6.07 Å². The van der Waals surface area contributed by atoms with Crippen molar-refractivity contribution in [3.05, 3.63) is 35.1 Å². The van der Waals surface area contributed by atoms with Crippen LogP contribution >= 0.6 is 12.4 Å². The smallest absolute Gasteiger partial charge is 0.239 e. The number of carbonyl (C=O) groups is 1. The normalized spacial score (nSPS) is 20.2. The summed E-state index contributed by atoms with van der Waals surface area (Å²) in [4.78, 5) is 13.6. The van der Waals surface area contributed by atoms with Gasteiger partial charge in [0.05, 0.1) is 19.2 Å². The Bertz CT molecular complexity index is 482. The maximum Gasteiger partial charge on any atom is 0.239 e. The second kappa shape index (κ2) is 7.02. The predicted octanol–water partition coefficient (Wildman–Crippen LogP) is 1.80. The quantitative estimate of drug-likeness (QED) is 0.906. The van der Waals surface area contributed by atoms with Crippen LogP contribution in [-0.2, 0) is 9.53 Å². The summed E-state index contributed by atoms with van der Waals surface area (Å²) in [6, 6.07) is 4.39. The highest BCUT2D eigenvalue weighted by atomic mass is 35.5. The van der Waals surface area contributed by atoms with Gasteiger partial charge in [-0.15, -0.1) is 12.4 Å². The molecule has 1 aliphatic heterocycles. The van der Waals surface area contributed by atoms with E-state index in [0.717, 1.165) is 5.56 Å². The third-order valence-electron chi connectivity index (χ3n) is 3.32. The molecule has 0 saturated carbocycles. The Balaban J connectivity index is 0.00000200. The molecule has 0 aliphatic carbocycles. The minimum Gasteiger partial charge on any atom is -0.370 e. The van der Waals surface area contributed by atoms with Gasteiger partial charge in [0, 0.05) is 6.54 Å². The first-order valence-electron chi connectivity index (χ1n) is 6.41. The van der Waals surface area contributed by atoms with Crippen molar-refractivity contribution in [2.24, 2.45) is 5.73 Å². The number of morpholine rings is 1. The van der Waals surface area contributed by atoms with Gasteiger partial charge < -0.3 is 15.4 Å². The van der Waals surface area contributed by atoms with E-state index in [1.54, 1.807) is 30.9 Å². The Kier molecular flexibility index (Phi) is 5.92. The number of aryl methyl sites for hydroxylation is 1. The van der Waals surface area contributed by atoms with Crippen LogP contribution < -0.4 is 5.73 Å². The molecule has 1 amide bonds. The summed E-state index contributed by atoms with van der Waals surface area (Å²) >= 11 is 0. The lowest BCUT2D eigenvalue weighted by Crippen LogP contribution is -2.48. The second-order valence-electron chi connectivity index (χ2n) is 4.94. The first kappa shape index (κ1) is 16.9. The van der Waals surface area contributed by atoms with E-state index < -0.39 is 6.04 Å². The van der Waals surface area contributed by atoms with E-state index in [1.807, 2.05) is 0 Å². The van der Waals surface area contributed by atoms with E-state index in [2.05, 4.69) is 0 Å². The zero-order valence-corrected chi connectivity index (χ0v) is 12.5. The van der Waals surface area contributed by atoms with Gasteiger partial charge in [0.25, 0.3) is 0 Å². The SMILES string of the molecule is Cc1cc(C2CN(C(=O)[C@@H](C)N)CCO2)ccc1F.Cl. The van der Waals surface area contributed by atoms with E-state index in [9.17, 15) is 9.18 Å². The van der Waals surface area contributed by atoms with Crippen LogP contribution in [-0.4, -0.2) is 36.5 Å². The molecule has 0 spiro atoms. The van der Waals surface area contributed by atoms with Gasteiger partial charge in [-0.1, -0.05) is 12.1 Å². The van der Waals surface area contributed by atoms with E-state index in [-0.39, 0.29) is 30.2 Å². The molecule has 1 saturated heterocycles. The van der Waals surface area contributed by atoms with Crippen LogP contribution in [0.2, 0.25) is 0 Å². The topological polar surface area (TPSA) is 55.6 Å². The molecule has 2 atom stereocenters. The minimum absolute atomic E-state index is 0. The first-order valence-corrected chi connectivity index (χ1v) is 6.41. The molecule has 0 aromatic heterocycles. The number of ether oxygens (including phenoxy) is 1. The molecular weight excluding hydrogens is 283 g/mol. The number of nitrogens with zero attached hydrogens (tertiary/aromatic N) is 1. The van der Waals surface area contributed by atoms with Crippen LogP contribution in [0.5, 0.6) is 0 Å². The summed E-state index contributed by atoms with van der Waals surface area (Å²) in [5.41, 5.74) is 7.08. The molecule has 0 radical (unpaired) electrons. The van der Waals surface area contributed by atoms with E-state index in [0.29, 0.717) is 25.3 Å². The lowest BCUT2D eigenvalue weighted by molar-refractivity contribution is -0.140. The summed E-state index contributed by atoms with van der Waals surface area (Å²) in [5, 5.41) is 0. The Labute approximate surface area is 124 Å². The summed E-state index contributed by atoms with van der Waals surface area (Å²) in [6.45, 7) is 4.88. The van der Waals surface area contributed by atoms with Crippen LogP contribution in [0.15, 0.2) is 18.2 Å². The van der Waals surface area contributed by atoms with Crippen molar-refractivity contribution < 1.29 is 13.9 Å². The number of nitrogens with two attached hydrogens (primary N) is 1. The summed E-state index contributed by atoms with van der Waals surface area (Å²) in [7, 11) is 0. The maximum absolute atomic E-state index is 13.3. The number of hydrogen-bond acceptors (Lipinski definition) is 3. The lowest BCUT2D eigenvalue weighted by atomic mass is 10.0. The Hall–Kier alpha value is -1.17. The fourth-order valence-electron chi connectivity index (χ4n) is 2.21. The van der Waals surface area contributed by atoms with Gasteiger partial charge in [-0.3, -0.25) is 4.79 Å². The molecule has 4 nitrogen and oxygen atoms in total. The largest absolute Gasteiger partial charge is 0.370 e. The molecular formula is C14H20ClFN2O2. The zero-order chi connectivity index (χ0) is 14.0. The molecule has 112 valence electrons. The lowest BCUT2D eigenvalue weighted by Gasteiger charge is -2.34. The molecule has 1 unspecified atom stereocenters. The van der Waals surface area contributed by atoms with Gasteiger partial charge in [0.1, 0.15) is 11.9 Å². The number of hydrogen-bond donors (Lipinski definition) is 1. The number of carbonyl (C=O) groups excluding carboxylic acids is 1. The summed E-state index contributed by atoms with van der Waals surface area (Å²) in [5.74, 6) is -0.310. The third kappa shape index (κ3) is 3.69. The molecule has 2 N–H and O–H groups in total. The molecule has 1 heterocycles. The first-order chi connectivity index (χ1) is 8.99. The van der Waals surface area contributed by atoms with Crippen molar-refractivity contribution in [3.63, 3.8) is 0 Å². The minimum atomic E-state index is -0.506. The van der Waals surface area contributed by atoms with Gasteiger partial charge in [-0.2, -0.15) is 0 Å². The molecule has 6 heteroatoms. The highest BCUT2D eigenvalue weighted by molar-refractivity contribution is 5.85. The van der Waals surface area contributed by atoms with Gasteiger partial charge in [0.2, 0.25) is 5.91 Å². The van der Waals surface area contributed by atoms with Crippen molar-refractivity contribution in [1.82, 2.24) is 4.90 Å². The molecule has 20 heavy (non-hydrogen) atoms. The fourth-order valence-corrected chi connectivity index (χ4v) is 2.21. The van der Waals surface area contributed by atoms with Gasteiger partial charge in [0.15, 0.2) is 0 Å². The van der Waals surface area contributed by atoms with Gasteiger partial charge in [-0.05, 0) is 31.0 Å². The van der Waals surface area contributed by atoms with Crippen LogP contribution in [0.25, 0.3) is 0 Å². The number of benzene rings is 1. The average Bonchev–Trinajstić information content (AvgIpc) is 2.41. The molecule has 2 rings (SSSR count). The van der Waals surface area contributed by atoms with E-state index >= 15 is 0 Å². The van der Waals surface area contributed by atoms with Gasteiger partial charge in [-0.25, -0.2) is 4.39 Å². The monoisotopic (exact) mass is 302 g/mol. The molecule has 0 bridgehead atoms. The van der Waals surface area contributed by atoms with Crippen LogP contribution in [0.3, 0.4) is 0 Å². The summed E-state index contributed by atoms with van der Waals surface area (Å²) < 4.78 is 18.9. The molecule has 1 aliphatic rings. The Morgan fingerprint density at radius 1 is 1.55 bits per heavy atom. The zero-order valence-electron chi connectivity index (χ0n) is 11.6. The highest BCUT2D eigenvalue weighted by Crippen LogP contribution is 2.24. The fraction of sp³-hybridized carbons (Fsp3) is 0.500. The third-order valence-corrected chi connectivity index (χ3v) is 3.32. The van der Waals surface area contributed by atoms with E-state index in [4.69, 9.17) is 10.5 Å². The Morgan fingerprint density at radius 3 is 2.85 bits per heavy atom. The Morgan fingerprint density at radius 2 is 2.25 bits per heavy atom. The second-order valence-corrected chi connectivity index (χ2v) is 4.94.